The van der Waals surface area contributed by atoms with Gasteiger partial charge in [-0.25, -0.2) is 19.6 Å². The smallest absolute Gasteiger partial charge is 0.410 e. The molecular weight excluding hydrogens is 478 g/mol. The van der Waals surface area contributed by atoms with Crippen molar-refractivity contribution in [2.75, 3.05) is 38.3 Å². The molecule has 0 aromatic carbocycles. The molecule has 11 heteroatoms. The van der Waals surface area contributed by atoms with Gasteiger partial charge in [-0.15, -0.1) is 0 Å². The van der Waals surface area contributed by atoms with Crippen molar-refractivity contribution in [3.63, 3.8) is 0 Å². The Labute approximate surface area is 214 Å². The van der Waals surface area contributed by atoms with Crippen molar-refractivity contribution in [1.29, 1.82) is 0 Å². The van der Waals surface area contributed by atoms with Gasteiger partial charge in [-0.05, 0) is 40.7 Å². The fraction of sp³-hybridized carbons (Fsp3) is 0.680. The SMILES string of the molecule is COC(=O)c1cn(COCC[Si](C)(C)C)c2ncc(N3CCN(C(=O)OC(C)(C)C)C(C)(C)C3)nc12. The first-order valence-corrected chi connectivity index (χ1v) is 16.1. The summed E-state index contributed by atoms with van der Waals surface area (Å²) < 4.78 is 18.3. The van der Waals surface area contributed by atoms with E-state index in [0.29, 0.717) is 48.8 Å². The predicted octanol–water partition coefficient (Wildman–Crippen LogP) is 4.37. The molecule has 1 saturated heterocycles. The van der Waals surface area contributed by atoms with Gasteiger partial charge in [0, 0.05) is 40.5 Å². The number of hydrogen-bond acceptors (Lipinski definition) is 8. The van der Waals surface area contributed by atoms with E-state index in [1.165, 1.54) is 7.11 Å². The zero-order valence-corrected chi connectivity index (χ0v) is 24.2. The largest absolute Gasteiger partial charge is 0.465 e. The maximum Gasteiger partial charge on any atom is 0.410 e. The van der Waals surface area contributed by atoms with Gasteiger partial charge in [-0.3, -0.25) is 4.90 Å². The summed E-state index contributed by atoms with van der Waals surface area (Å²) in [4.78, 5) is 38.6. The molecule has 0 aliphatic carbocycles. The molecule has 1 aliphatic rings. The van der Waals surface area contributed by atoms with Crippen molar-refractivity contribution in [2.24, 2.45) is 0 Å². The second kappa shape index (κ2) is 10.4. The van der Waals surface area contributed by atoms with Crippen molar-refractivity contribution in [2.45, 2.75) is 78.2 Å². The van der Waals surface area contributed by atoms with Gasteiger partial charge < -0.3 is 23.7 Å². The number of amides is 1. The van der Waals surface area contributed by atoms with E-state index in [9.17, 15) is 9.59 Å². The molecule has 0 atom stereocenters. The summed E-state index contributed by atoms with van der Waals surface area (Å²) in [5.41, 5.74) is 0.344. The number of methoxy groups -OCH3 is 1. The molecule has 1 aliphatic heterocycles. The lowest BCUT2D eigenvalue weighted by Gasteiger charge is -2.47. The highest BCUT2D eigenvalue weighted by Crippen LogP contribution is 2.28. The maximum absolute atomic E-state index is 12.8. The average Bonchev–Trinajstić information content (AvgIpc) is 3.11. The highest BCUT2D eigenvalue weighted by molar-refractivity contribution is 6.76. The lowest BCUT2D eigenvalue weighted by atomic mass is 9.99. The van der Waals surface area contributed by atoms with E-state index in [0.717, 1.165) is 6.04 Å². The Morgan fingerprint density at radius 3 is 2.44 bits per heavy atom. The number of carbonyl (C=O) groups is 2. The second-order valence-electron chi connectivity index (χ2n) is 12.1. The minimum absolute atomic E-state index is 0.285. The molecule has 0 radical (unpaired) electrons. The van der Waals surface area contributed by atoms with Crippen molar-refractivity contribution in [3.8, 4) is 0 Å². The molecule has 10 nitrogen and oxygen atoms in total. The quantitative estimate of drug-likeness (QED) is 0.302. The number of piperazine rings is 1. The molecule has 1 fully saturated rings. The number of esters is 1. The van der Waals surface area contributed by atoms with Crippen LogP contribution in [0.25, 0.3) is 11.2 Å². The van der Waals surface area contributed by atoms with E-state index in [1.807, 2.05) is 34.6 Å². The van der Waals surface area contributed by atoms with Crippen LogP contribution in [0.5, 0.6) is 0 Å². The fourth-order valence-electron chi connectivity index (χ4n) is 4.10. The number of anilines is 1. The van der Waals surface area contributed by atoms with Crippen LogP contribution in [0.1, 0.15) is 45.0 Å². The van der Waals surface area contributed by atoms with E-state index in [4.69, 9.17) is 19.2 Å². The van der Waals surface area contributed by atoms with Gasteiger partial charge in [0.2, 0.25) is 0 Å². The third kappa shape index (κ3) is 6.76. The molecule has 1 amide bonds. The Bertz CT molecular complexity index is 1100. The molecular formula is C25H41N5O5Si. The topological polar surface area (TPSA) is 99.0 Å². The number of ether oxygens (including phenoxy) is 3. The van der Waals surface area contributed by atoms with Gasteiger partial charge >= 0.3 is 12.1 Å². The third-order valence-corrected chi connectivity index (χ3v) is 7.73. The Morgan fingerprint density at radius 2 is 1.86 bits per heavy atom. The summed E-state index contributed by atoms with van der Waals surface area (Å²) in [5, 5.41) is 0. The van der Waals surface area contributed by atoms with E-state index in [1.54, 1.807) is 21.9 Å². The maximum atomic E-state index is 12.8. The van der Waals surface area contributed by atoms with Gasteiger partial charge in [0.1, 0.15) is 29.2 Å². The Morgan fingerprint density at radius 1 is 1.17 bits per heavy atom. The van der Waals surface area contributed by atoms with Crippen LogP contribution < -0.4 is 4.90 Å². The van der Waals surface area contributed by atoms with Crippen LogP contribution in [0.3, 0.4) is 0 Å². The molecule has 200 valence electrons. The van der Waals surface area contributed by atoms with Crippen molar-refractivity contribution in [1.82, 2.24) is 19.4 Å². The van der Waals surface area contributed by atoms with Gasteiger partial charge in [0.15, 0.2) is 5.65 Å². The lowest BCUT2D eigenvalue weighted by molar-refractivity contribution is 0.000289. The van der Waals surface area contributed by atoms with Gasteiger partial charge in [0.05, 0.1) is 18.8 Å². The first kappa shape index (κ1) is 27.9. The summed E-state index contributed by atoms with van der Waals surface area (Å²) in [6.07, 6.45) is 3.08. The molecule has 0 spiro atoms. The molecule has 36 heavy (non-hydrogen) atoms. The summed E-state index contributed by atoms with van der Waals surface area (Å²) >= 11 is 0. The van der Waals surface area contributed by atoms with Gasteiger partial charge in [-0.1, -0.05) is 19.6 Å². The first-order valence-electron chi connectivity index (χ1n) is 12.4. The van der Waals surface area contributed by atoms with Crippen LogP contribution in [-0.2, 0) is 20.9 Å². The Hall–Kier alpha value is -2.66. The minimum atomic E-state index is -1.20. The normalized spacial score (nSPS) is 16.4. The highest BCUT2D eigenvalue weighted by atomic mass is 28.3. The summed E-state index contributed by atoms with van der Waals surface area (Å²) in [7, 11) is 0.148. The Balaban J connectivity index is 1.82. The number of fused-ring (bicyclic) bond motifs is 1. The summed E-state index contributed by atoms with van der Waals surface area (Å²) in [6.45, 7) is 19.0. The number of hydrogen-bond donors (Lipinski definition) is 0. The fourth-order valence-corrected chi connectivity index (χ4v) is 4.86. The number of carbonyl (C=O) groups excluding carboxylic acids is 2. The molecule has 3 rings (SSSR count). The molecule has 0 saturated carbocycles. The van der Waals surface area contributed by atoms with Gasteiger partial charge in [0.25, 0.3) is 0 Å². The average molecular weight is 520 g/mol. The van der Waals surface area contributed by atoms with Crippen molar-refractivity contribution < 1.29 is 23.8 Å². The van der Waals surface area contributed by atoms with Gasteiger partial charge in [-0.2, -0.15) is 0 Å². The van der Waals surface area contributed by atoms with Crippen LogP contribution in [-0.4, -0.2) is 84.1 Å². The van der Waals surface area contributed by atoms with Crippen molar-refractivity contribution in [3.05, 3.63) is 18.0 Å². The number of nitrogens with zero attached hydrogens (tertiary/aromatic N) is 5. The highest BCUT2D eigenvalue weighted by Gasteiger charge is 2.39. The molecule has 0 N–H and O–H groups in total. The third-order valence-electron chi connectivity index (χ3n) is 6.02. The molecule has 2 aromatic rings. The minimum Gasteiger partial charge on any atom is -0.465 e. The number of aromatic nitrogens is 3. The monoisotopic (exact) mass is 519 g/mol. The van der Waals surface area contributed by atoms with Crippen molar-refractivity contribution >= 4 is 37.1 Å². The van der Waals surface area contributed by atoms with E-state index < -0.39 is 25.2 Å². The summed E-state index contributed by atoms with van der Waals surface area (Å²) in [6, 6.07) is 1.05. The summed E-state index contributed by atoms with van der Waals surface area (Å²) in [5.74, 6) is 0.171. The number of rotatable bonds is 7. The van der Waals surface area contributed by atoms with Crippen LogP contribution >= 0.6 is 0 Å². The van der Waals surface area contributed by atoms with E-state index in [2.05, 4.69) is 29.5 Å². The zero-order chi connectivity index (χ0) is 26.9. The lowest BCUT2D eigenvalue weighted by Crippen LogP contribution is -2.62. The molecule has 2 aromatic heterocycles. The molecule has 0 unspecified atom stereocenters. The van der Waals surface area contributed by atoms with Crippen LogP contribution in [0.15, 0.2) is 12.4 Å². The van der Waals surface area contributed by atoms with E-state index >= 15 is 0 Å². The second-order valence-corrected chi connectivity index (χ2v) is 17.7. The van der Waals surface area contributed by atoms with Crippen LogP contribution in [0.4, 0.5) is 10.6 Å². The van der Waals surface area contributed by atoms with Crippen LogP contribution in [0, 0.1) is 0 Å². The standard InChI is InChI=1S/C25H41N5O5Si/c1-24(2,3)35-23(32)30-11-10-28(16-25(30,4)5)19-14-26-21-20(27-19)18(22(31)33-6)15-29(21)17-34-12-13-36(7,8)9/h14-15H,10-13,16-17H2,1-9H3. The van der Waals surface area contributed by atoms with Crippen LogP contribution in [0.2, 0.25) is 25.7 Å². The predicted molar refractivity (Wildman–Crippen MR) is 142 cm³/mol. The first-order chi connectivity index (χ1) is 16.6. The zero-order valence-electron chi connectivity index (χ0n) is 23.2. The molecule has 0 bridgehead atoms. The Kier molecular flexibility index (Phi) is 8.04. The van der Waals surface area contributed by atoms with E-state index in [-0.39, 0.29) is 12.8 Å². The molecule has 3 heterocycles.